The van der Waals surface area contributed by atoms with Crippen LogP contribution in [0.1, 0.15) is 24.1 Å². The van der Waals surface area contributed by atoms with Gasteiger partial charge in [-0.05, 0) is 55.3 Å². The van der Waals surface area contributed by atoms with Gasteiger partial charge in [-0.3, -0.25) is 0 Å². The lowest BCUT2D eigenvalue weighted by Gasteiger charge is -2.10. The lowest BCUT2D eigenvalue weighted by Crippen LogP contribution is -2.04. The summed E-state index contributed by atoms with van der Waals surface area (Å²) in [5.41, 5.74) is 8.02. The second-order valence-electron chi connectivity index (χ2n) is 4.37. The molecule has 2 N–H and O–H groups in total. The predicted octanol–water partition coefficient (Wildman–Crippen LogP) is 4.57. The molecule has 2 aromatic rings. The average Bonchev–Trinajstić information content (AvgIpc) is 2.33. The van der Waals surface area contributed by atoms with E-state index in [1.165, 1.54) is 0 Å². The van der Waals surface area contributed by atoms with E-state index in [-0.39, 0.29) is 6.04 Å². The molecule has 0 radical (unpaired) electrons. The minimum absolute atomic E-state index is 0.0495. The molecule has 0 bridgehead atoms. The van der Waals surface area contributed by atoms with E-state index in [2.05, 4.69) is 15.9 Å². The van der Waals surface area contributed by atoms with E-state index in [0.29, 0.717) is 0 Å². The van der Waals surface area contributed by atoms with Crippen LogP contribution in [0, 0.1) is 6.92 Å². The average molecular weight is 306 g/mol. The second kappa shape index (κ2) is 5.55. The zero-order valence-electron chi connectivity index (χ0n) is 10.5. The fraction of sp³-hybridized carbons (Fsp3) is 0.200. The number of rotatable bonds is 3. The molecule has 0 unspecified atom stereocenters. The molecule has 0 aliphatic carbocycles. The third kappa shape index (κ3) is 3.12. The highest BCUT2D eigenvalue weighted by Gasteiger charge is 2.03. The van der Waals surface area contributed by atoms with Crippen molar-refractivity contribution in [1.82, 2.24) is 0 Å². The van der Waals surface area contributed by atoms with Crippen LogP contribution in [0.2, 0.25) is 0 Å². The van der Waals surface area contributed by atoms with Crippen LogP contribution in [0.4, 0.5) is 0 Å². The van der Waals surface area contributed by atoms with Gasteiger partial charge in [-0.2, -0.15) is 0 Å². The van der Waals surface area contributed by atoms with Crippen molar-refractivity contribution in [3.05, 3.63) is 58.1 Å². The SMILES string of the molecule is Cc1cc(Br)ccc1Oc1ccc([C@H](C)N)cc1. The summed E-state index contributed by atoms with van der Waals surface area (Å²) in [6.07, 6.45) is 0. The first-order valence-corrected chi connectivity index (χ1v) is 6.65. The lowest BCUT2D eigenvalue weighted by molar-refractivity contribution is 0.478. The molecule has 0 aliphatic heterocycles. The third-order valence-electron chi connectivity index (χ3n) is 2.77. The Bertz CT molecular complexity index is 535. The zero-order chi connectivity index (χ0) is 13.1. The number of hydrogen-bond acceptors (Lipinski definition) is 2. The first-order valence-electron chi connectivity index (χ1n) is 5.86. The van der Waals surface area contributed by atoms with Gasteiger partial charge in [0.25, 0.3) is 0 Å². The summed E-state index contributed by atoms with van der Waals surface area (Å²) < 4.78 is 6.89. The second-order valence-corrected chi connectivity index (χ2v) is 5.29. The van der Waals surface area contributed by atoms with Crippen LogP contribution >= 0.6 is 15.9 Å². The van der Waals surface area contributed by atoms with Crippen LogP contribution < -0.4 is 10.5 Å². The number of aryl methyl sites for hydroxylation is 1. The van der Waals surface area contributed by atoms with Crippen molar-refractivity contribution in [2.75, 3.05) is 0 Å². The Kier molecular flexibility index (Phi) is 4.04. The minimum Gasteiger partial charge on any atom is -0.457 e. The van der Waals surface area contributed by atoms with Crippen molar-refractivity contribution in [3.8, 4) is 11.5 Å². The number of ether oxygens (including phenoxy) is 1. The fourth-order valence-corrected chi connectivity index (χ4v) is 2.17. The molecule has 0 amide bonds. The number of halogens is 1. The van der Waals surface area contributed by atoms with E-state index >= 15 is 0 Å². The van der Waals surface area contributed by atoms with Crippen LogP contribution in [0.5, 0.6) is 11.5 Å². The maximum Gasteiger partial charge on any atom is 0.130 e. The monoisotopic (exact) mass is 305 g/mol. The van der Waals surface area contributed by atoms with Gasteiger partial charge in [0.05, 0.1) is 0 Å². The summed E-state index contributed by atoms with van der Waals surface area (Å²) in [5, 5.41) is 0. The van der Waals surface area contributed by atoms with E-state index in [1.54, 1.807) is 0 Å². The highest BCUT2D eigenvalue weighted by atomic mass is 79.9. The molecule has 0 aromatic heterocycles. The van der Waals surface area contributed by atoms with Crippen LogP contribution in [-0.2, 0) is 0 Å². The Morgan fingerprint density at radius 1 is 1.11 bits per heavy atom. The van der Waals surface area contributed by atoms with Crippen molar-refractivity contribution in [3.63, 3.8) is 0 Å². The fourth-order valence-electron chi connectivity index (χ4n) is 1.69. The van der Waals surface area contributed by atoms with Crippen molar-refractivity contribution in [2.45, 2.75) is 19.9 Å². The van der Waals surface area contributed by atoms with E-state index in [4.69, 9.17) is 10.5 Å². The molecule has 94 valence electrons. The van der Waals surface area contributed by atoms with Crippen molar-refractivity contribution < 1.29 is 4.74 Å². The molecule has 2 aromatic carbocycles. The highest BCUT2D eigenvalue weighted by Crippen LogP contribution is 2.28. The molecule has 2 rings (SSSR count). The Labute approximate surface area is 116 Å². The van der Waals surface area contributed by atoms with Gasteiger partial charge < -0.3 is 10.5 Å². The van der Waals surface area contributed by atoms with Crippen LogP contribution in [-0.4, -0.2) is 0 Å². The smallest absolute Gasteiger partial charge is 0.130 e. The molecule has 0 saturated carbocycles. The van der Waals surface area contributed by atoms with Gasteiger partial charge in [0.2, 0.25) is 0 Å². The van der Waals surface area contributed by atoms with Crippen LogP contribution in [0.3, 0.4) is 0 Å². The van der Waals surface area contributed by atoms with Gasteiger partial charge in [-0.25, -0.2) is 0 Å². The van der Waals surface area contributed by atoms with E-state index in [9.17, 15) is 0 Å². The van der Waals surface area contributed by atoms with Crippen LogP contribution in [0.25, 0.3) is 0 Å². The maximum absolute atomic E-state index is 5.84. The number of benzene rings is 2. The van der Waals surface area contributed by atoms with Crippen molar-refractivity contribution in [1.29, 1.82) is 0 Å². The summed E-state index contributed by atoms with van der Waals surface area (Å²) >= 11 is 3.44. The van der Waals surface area contributed by atoms with Gasteiger partial charge in [-0.1, -0.05) is 28.1 Å². The van der Waals surface area contributed by atoms with Gasteiger partial charge >= 0.3 is 0 Å². The minimum atomic E-state index is 0.0495. The first-order chi connectivity index (χ1) is 8.56. The molecule has 2 nitrogen and oxygen atoms in total. The Morgan fingerprint density at radius 3 is 2.33 bits per heavy atom. The lowest BCUT2D eigenvalue weighted by atomic mass is 10.1. The summed E-state index contributed by atoms with van der Waals surface area (Å²) in [6, 6.07) is 13.9. The summed E-state index contributed by atoms with van der Waals surface area (Å²) in [6.45, 7) is 3.99. The van der Waals surface area contributed by atoms with Gasteiger partial charge in [-0.15, -0.1) is 0 Å². The van der Waals surface area contributed by atoms with E-state index in [1.807, 2.05) is 56.3 Å². The van der Waals surface area contributed by atoms with Crippen LogP contribution in [0.15, 0.2) is 46.9 Å². The summed E-state index contributed by atoms with van der Waals surface area (Å²) in [5.74, 6) is 1.69. The number of hydrogen-bond donors (Lipinski definition) is 1. The molecule has 1 atom stereocenters. The molecule has 0 fully saturated rings. The predicted molar refractivity (Wildman–Crippen MR) is 78.0 cm³/mol. The maximum atomic E-state index is 5.84. The Hall–Kier alpha value is -1.32. The van der Waals surface area contributed by atoms with E-state index < -0.39 is 0 Å². The third-order valence-corrected chi connectivity index (χ3v) is 3.26. The summed E-state index contributed by atoms with van der Waals surface area (Å²) in [4.78, 5) is 0. The molecule has 0 saturated heterocycles. The molecule has 0 spiro atoms. The zero-order valence-corrected chi connectivity index (χ0v) is 12.1. The first kappa shape index (κ1) is 13.1. The molecule has 0 heterocycles. The van der Waals surface area contributed by atoms with Gasteiger partial charge in [0.15, 0.2) is 0 Å². The molecular weight excluding hydrogens is 290 g/mol. The Morgan fingerprint density at radius 2 is 1.78 bits per heavy atom. The Balaban J connectivity index is 2.18. The number of nitrogens with two attached hydrogens (primary N) is 1. The van der Waals surface area contributed by atoms with Gasteiger partial charge in [0.1, 0.15) is 11.5 Å². The van der Waals surface area contributed by atoms with Gasteiger partial charge in [0, 0.05) is 10.5 Å². The molecule has 0 aliphatic rings. The summed E-state index contributed by atoms with van der Waals surface area (Å²) in [7, 11) is 0. The normalized spacial score (nSPS) is 12.2. The van der Waals surface area contributed by atoms with Crippen molar-refractivity contribution >= 4 is 15.9 Å². The standard InChI is InChI=1S/C15H16BrNO/c1-10-9-13(16)5-8-15(10)18-14-6-3-12(4-7-14)11(2)17/h3-9,11H,17H2,1-2H3/t11-/m0/s1. The molecule has 3 heteroatoms. The van der Waals surface area contributed by atoms with Crippen molar-refractivity contribution in [2.24, 2.45) is 5.73 Å². The van der Waals surface area contributed by atoms with E-state index in [0.717, 1.165) is 27.1 Å². The largest absolute Gasteiger partial charge is 0.457 e. The topological polar surface area (TPSA) is 35.2 Å². The quantitative estimate of drug-likeness (QED) is 0.901. The molecule has 18 heavy (non-hydrogen) atoms. The highest BCUT2D eigenvalue weighted by molar-refractivity contribution is 9.10. The molecular formula is C15H16BrNO.